The molecule has 23 heavy (non-hydrogen) atoms. The molecule has 1 atom stereocenters. The summed E-state index contributed by atoms with van der Waals surface area (Å²) in [5.74, 6) is -0.641. The predicted molar refractivity (Wildman–Crippen MR) is 74.3 cm³/mol. The van der Waals surface area contributed by atoms with E-state index in [0.717, 1.165) is 19.2 Å². The Kier molecular flexibility index (Phi) is 6.14. The van der Waals surface area contributed by atoms with Crippen LogP contribution in [0.15, 0.2) is 29.2 Å². The van der Waals surface area contributed by atoms with Gasteiger partial charge in [0.1, 0.15) is 0 Å². The molecule has 0 amide bonds. The summed E-state index contributed by atoms with van der Waals surface area (Å²) < 4.78 is 66.3. The molecule has 0 aliphatic rings. The fourth-order valence-corrected chi connectivity index (χ4v) is 2.78. The summed E-state index contributed by atoms with van der Waals surface area (Å²) in [6.45, 7) is 0.625. The van der Waals surface area contributed by atoms with Crippen molar-refractivity contribution in [2.75, 3.05) is 20.2 Å². The third kappa shape index (κ3) is 4.91. The molecule has 1 aromatic carbocycles. The smallest absolute Gasteiger partial charge is 0.415 e. The lowest BCUT2D eigenvalue weighted by Crippen LogP contribution is -2.41. The number of alkyl halides is 3. The summed E-state index contributed by atoms with van der Waals surface area (Å²) in [7, 11) is -3.31. The topological polar surface area (TPSA) is 83.9 Å². The standard InChI is InChI=1S/C13H16F3NO5S/c1-3-22-12(19)9-4-6-10(7-5-9)23(20,21)17(2)8-11(18)13(14,15)16/h4-7,11,18H,3,8H2,1-2H3/t11-/m0/s1. The molecule has 1 aromatic rings. The van der Waals surface area contributed by atoms with Gasteiger partial charge in [-0.3, -0.25) is 0 Å². The fraction of sp³-hybridized carbons (Fsp3) is 0.462. The molecule has 6 nitrogen and oxygen atoms in total. The Morgan fingerprint density at radius 3 is 2.26 bits per heavy atom. The number of nitrogens with zero attached hydrogens (tertiary/aromatic N) is 1. The minimum Gasteiger partial charge on any atom is -0.462 e. The van der Waals surface area contributed by atoms with Crippen molar-refractivity contribution in [3.05, 3.63) is 29.8 Å². The van der Waals surface area contributed by atoms with Gasteiger partial charge in [-0.25, -0.2) is 13.2 Å². The number of halogens is 3. The van der Waals surface area contributed by atoms with Gasteiger partial charge in [-0.2, -0.15) is 17.5 Å². The van der Waals surface area contributed by atoms with E-state index in [1.165, 1.54) is 12.1 Å². The van der Waals surface area contributed by atoms with Gasteiger partial charge >= 0.3 is 12.1 Å². The van der Waals surface area contributed by atoms with E-state index >= 15 is 0 Å². The molecule has 1 rings (SSSR count). The summed E-state index contributed by atoms with van der Waals surface area (Å²) in [4.78, 5) is 11.2. The quantitative estimate of drug-likeness (QED) is 0.780. The zero-order valence-electron chi connectivity index (χ0n) is 12.4. The van der Waals surface area contributed by atoms with Gasteiger partial charge in [-0.15, -0.1) is 0 Å². The maximum Gasteiger partial charge on any atom is 0.415 e. The molecular weight excluding hydrogens is 339 g/mol. The molecule has 0 fully saturated rings. The lowest BCUT2D eigenvalue weighted by atomic mass is 10.2. The number of benzene rings is 1. The molecule has 0 aliphatic heterocycles. The van der Waals surface area contributed by atoms with E-state index in [1.807, 2.05) is 0 Å². The van der Waals surface area contributed by atoms with Crippen molar-refractivity contribution in [2.24, 2.45) is 0 Å². The van der Waals surface area contributed by atoms with E-state index < -0.39 is 34.8 Å². The fourth-order valence-electron chi connectivity index (χ4n) is 1.60. The van der Waals surface area contributed by atoms with Crippen molar-refractivity contribution in [1.29, 1.82) is 0 Å². The van der Waals surface area contributed by atoms with Crippen LogP contribution in [-0.4, -0.2) is 56.3 Å². The number of ether oxygens (including phenoxy) is 1. The van der Waals surface area contributed by atoms with Gasteiger partial charge in [0.2, 0.25) is 10.0 Å². The minimum atomic E-state index is -4.92. The molecule has 0 spiro atoms. The lowest BCUT2D eigenvalue weighted by molar-refractivity contribution is -0.204. The molecular formula is C13H16F3NO5S. The Balaban J connectivity index is 2.94. The Morgan fingerprint density at radius 1 is 1.30 bits per heavy atom. The largest absolute Gasteiger partial charge is 0.462 e. The number of hydrogen-bond acceptors (Lipinski definition) is 5. The van der Waals surface area contributed by atoms with Crippen molar-refractivity contribution >= 4 is 16.0 Å². The molecule has 0 saturated heterocycles. The van der Waals surface area contributed by atoms with Crippen LogP contribution in [-0.2, 0) is 14.8 Å². The summed E-state index contributed by atoms with van der Waals surface area (Å²) >= 11 is 0. The second kappa shape index (κ2) is 7.28. The number of carbonyl (C=O) groups is 1. The summed E-state index contributed by atoms with van der Waals surface area (Å²) in [5.41, 5.74) is 0.115. The summed E-state index contributed by atoms with van der Waals surface area (Å²) in [6, 6.07) is 4.55. The van der Waals surface area contributed by atoms with Gasteiger partial charge in [0.05, 0.1) is 17.1 Å². The zero-order valence-corrected chi connectivity index (χ0v) is 13.2. The van der Waals surface area contributed by atoms with Crippen LogP contribution in [0.25, 0.3) is 0 Å². The number of esters is 1. The maximum absolute atomic E-state index is 12.3. The molecule has 0 aromatic heterocycles. The van der Waals surface area contributed by atoms with Gasteiger partial charge in [0, 0.05) is 13.6 Å². The average molecular weight is 355 g/mol. The third-order valence-corrected chi connectivity index (χ3v) is 4.72. The molecule has 0 saturated carbocycles. The van der Waals surface area contributed by atoms with E-state index in [9.17, 15) is 26.4 Å². The van der Waals surface area contributed by atoms with E-state index in [-0.39, 0.29) is 17.1 Å². The van der Waals surface area contributed by atoms with Crippen molar-refractivity contribution in [2.45, 2.75) is 24.1 Å². The first-order valence-electron chi connectivity index (χ1n) is 6.48. The molecule has 10 heteroatoms. The van der Waals surface area contributed by atoms with Crippen molar-refractivity contribution in [3.63, 3.8) is 0 Å². The first-order chi connectivity index (χ1) is 10.5. The number of sulfonamides is 1. The average Bonchev–Trinajstić information content (AvgIpc) is 2.46. The maximum atomic E-state index is 12.3. The number of likely N-dealkylation sites (N-methyl/N-ethyl adjacent to an activating group) is 1. The van der Waals surface area contributed by atoms with Crippen LogP contribution in [0.4, 0.5) is 13.2 Å². The van der Waals surface area contributed by atoms with Gasteiger partial charge in [-0.1, -0.05) is 0 Å². The summed E-state index contributed by atoms with van der Waals surface area (Å²) in [6.07, 6.45) is -7.71. The van der Waals surface area contributed by atoms with Crippen LogP contribution in [0, 0.1) is 0 Å². The lowest BCUT2D eigenvalue weighted by Gasteiger charge is -2.22. The Labute approximate surface area is 131 Å². The highest BCUT2D eigenvalue weighted by Gasteiger charge is 2.40. The summed E-state index contributed by atoms with van der Waals surface area (Å²) in [5, 5.41) is 8.95. The Bertz CT molecular complexity index is 643. The number of hydrogen-bond donors (Lipinski definition) is 1. The molecule has 0 heterocycles. The SMILES string of the molecule is CCOC(=O)c1ccc(S(=O)(=O)N(C)C[C@H](O)C(F)(F)F)cc1. The van der Waals surface area contributed by atoms with E-state index in [0.29, 0.717) is 4.31 Å². The first-order valence-corrected chi connectivity index (χ1v) is 7.92. The van der Waals surface area contributed by atoms with Gasteiger partial charge in [-0.05, 0) is 31.2 Å². The normalized spacial score (nSPS) is 13.9. The van der Waals surface area contributed by atoms with E-state index in [2.05, 4.69) is 0 Å². The molecule has 0 bridgehead atoms. The zero-order chi connectivity index (χ0) is 17.8. The van der Waals surface area contributed by atoms with E-state index in [1.54, 1.807) is 6.92 Å². The first kappa shape index (κ1) is 19.4. The predicted octanol–water partition coefficient (Wildman–Crippen LogP) is 1.41. The van der Waals surface area contributed by atoms with Crippen LogP contribution in [0.5, 0.6) is 0 Å². The minimum absolute atomic E-state index is 0.115. The second-order valence-corrected chi connectivity index (χ2v) is 6.63. The van der Waals surface area contributed by atoms with Crippen LogP contribution in [0.2, 0.25) is 0 Å². The molecule has 0 unspecified atom stereocenters. The van der Waals surface area contributed by atoms with Gasteiger partial charge < -0.3 is 9.84 Å². The number of aliphatic hydroxyl groups is 1. The van der Waals surface area contributed by atoms with Crippen molar-refractivity contribution in [3.8, 4) is 0 Å². The molecule has 0 aliphatic carbocycles. The van der Waals surface area contributed by atoms with Crippen LogP contribution in [0.3, 0.4) is 0 Å². The molecule has 130 valence electrons. The highest BCUT2D eigenvalue weighted by molar-refractivity contribution is 7.89. The highest BCUT2D eigenvalue weighted by Crippen LogP contribution is 2.23. The Morgan fingerprint density at radius 2 is 1.83 bits per heavy atom. The van der Waals surface area contributed by atoms with Crippen LogP contribution >= 0.6 is 0 Å². The molecule has 0 radical (unpaired) electrons. The van der Waals surface area contributed by atoms with Crippen LogP contribution < -0.4 is 0 Å². The number of aliphatic hydroxyl groups excluding tert-OH is 1. The Hall–Kier alpha value is -1.65. The van der Waals surface area contributed by atoms with Crippen LogP contribution in [0.1, 0.15) is 17.3 Å². The van der Waals surface area contributed by atoms with Crippen molar-refractivity contribution in [1.82, 2.24) is 4.31 Å². The highest BCUT2D eigenvalue weighted by atomic mass is 32.2. The van der Waals surface area contributed by atoms with Gasteiger partial charge in [0.15, 0.2) is 6.10 Å². The van der Waals surface area contributed by atoms with Gasteiger partial charge in [0.25, 0.3) is 0 Å². The second-order valence-electron chi connectivity index (χ2n) is 4.59. The third-order valence-electron chi connectivity index (χ3n) is 2.88. The monoisotopic (exact) mass is 355 g/mol. The molecule has 1 N–H and O–H groups in total. The van der Waals surface area contributed by atoms with E-state index in [4.69, 9.17) is 9.84 Å². The number of carbonyl (C=O) groups excluding carboxylic acids is 1. The number of rotatable bonds is 6. The van der Waals surface area contributed by atoms with Crippen molar-refractivity contribution < 1.29 is 36.2 Å².